The molecule has 18 heteroatoms. The number of hydrogen-bond donors (Lipinski definition) is 6. The number of allylic oxidation sites excluding steroid dienone is 8. The molecule has 0 aromatic rings. The van der Waals surface area contributed by atoms with Crippen LogP contribution in [0.5, 0.6) is 0 Å². The third-order valence-corrected chi connectivity index (χ3v) is 27.4. The summed E-state index contributed by atoms with van der Waals surface area (Å²) in [6.45, 7) is 13.7. The lowest BCUT2D eigenvalue weighted by Crippen LogP contribution is -2.32. The molecule has 0 saturated carbocycles. The van der Waals surface area contributed by atoms with Gasteiger partial charge in [-0.05, 0) is 188 Å². The normalized spacial score (nSPS) is 17.6. The van der Waals surface area contributed by atoms with Gasteiger partial charge in [0, 0.05) is 38.5 Å². The van der Waals surface area contributed by atoms with E-state index in [0.717, 1.165) is 133 Å². The van der Waals surface area contributed by atoms with Gasteiger partial charge in [0.2, 0.25) is 0 Å². The third kappa shape index (κ3) is 73.1. The van der Waals surface area contributed by atoms with Crippen LogP contribution in [0.1, 0.15) is 549 Å². The van der Waals surface area contributed by atoms with Crippen molar-refractivity contribution in [3.8, 4) is 0 Å². The van der Waals surface area contributed by atoms with E-state index in [4.69, 9.17) is 31.5 Å². The van der Waals surface area contributed by atoms with Crippen molar-refractivity contribution < 1.29 is 89.6 Å². The fraction of sp³-hybridized carbons (Fsp3) is 0.870. The molecular formula is C108H198O18. The lowest BCUT2D eigenvalue weighted by Gasteiger charge is -2.41. The van der Waals surface area contributed by atoms with Gasteiger partial charge in [-0.3, -0.25) is 0 Å². The largest absolute Gasteiger partial charge is 0.342 e. The van der Waals surface area contributed by atoms with Gasteiger partial charge in [0.15, 0.2) is 0 Å². The van der Waals surface area contributed by atoms with E-state index in [1.807, 2.05) is 0 Å². The van der Waals surface area contributed by atoms with Gasteiger partial charge in [0.05, 0.1) is 0 Å². The molecule has 0 amide bonds. The molecule has 0 radical (unpaired) electrons. The Labute approximate surface area is 771 Å². The molecule has 2 aliphatic carbocycles. The second-order valence-electron chi connectivity index (χ2n) is 38.0. The molecular weight excluding hydrogens is 1590 g/mol. The van der Waals surface area contributed by atoms with Crippen molar-refractivity contribution in [2.45, 2.75) is 549 Å². The van der Waals surface area contributed by atoms with Crippen LogP contribution < -0.4 is 0 Å². The molecule has 18 nitrogen and oxygen atoms in total. The van der Waals surface area contributed by atoms with Crippen LogP contribution in [0.3, 0.4) is 0 Å². The number of unbranched alkanes of at least 4 members (excludes halogenated alkanes) is 51. The average molecular weight is 1780 g/mol. The van der Waals surface area contributed by atoms with Crippen molar-refractivity contribution in [2.24, 2.45) is 53.3 Å². The summed E-state index contributed by atoms with van der Waals surface area (Å²) in [4.78, 5) is 89.2. The van der Waals surface area contributed by atoms with Gasteiger partial charge < -0.3 is 29.3 Å². The summed E-state index contributed by atoms with van der Waals surface area (Å²) >= 11 is 0. The Bertz CT molecular complexity index is 2570. The van der Waals surface area contributed by atoms with Gasteiger partial charge in [-0.1, -0.05) is 424 Å². The zero-order valence-corrected chi connectivity index (χ0v) is 82.2. The number of carbonyl (C=O) groups excluding carboxylic acids is 6. The number of carbonyl (C=O) groups is 6. The van der Waals surface area contributed by atoms with Crippen LogP contribution in [0.25, 0.3) is 0 Å². The van der Waals surface area contributed by atoms with Crippen molar-refractivity contribution in [2.75, 3.05) is 0 Å². The standard InChI is InChI=1S/C36H66O6.C36H64O6.C36H68O6/c2*1-3-5-7-12-19-25-33-31(23-17-6-4-2)29-30-32(24-18-13-8-10-15-21-27-35(37)41-39)34(33)26-20-14-9-11-16-22-28-36(38)42-40;1-3-5-7-9-11-15-21-27-33(29-23-17-13-19-25-31-35(37)41-39)34(28-22-16-12-10-8-6-4-2)30-24-18-14-20-26-32-36(38)42-40/h29-34,39-40H,3-28H2,1-2H3;19,25,29-34,39-40H,3-18,20-24,26-28H2,1-2H3;27,34,39-40H,3-26,28-32H2,1-2H3/b;25-19-;33-27-. The van der Waals surface area contributed by atoms with Crippen LogP contribution in [0, 0.1) is 53.3 Å². The van der Waals surface area contributed by atoms with Gasteiger partial charge in [-0.25, -0.2) is 28.8 Å². The minimum absolute atomic E-state index is 0.298. The molecule has 0 fully saturated rings. The molecule has 0 aliphatic heterocycles. The zero-order valence-electron chi connectivity index (χ0n) is 82.2. The Kier molecular flexibility index (Phi) is 90.4. The van der Waals surface area contributed by atoms with E-state index in [1.165, 1.54) is 353 Å². The van der Waals surface area contributed by atoms with Crippen LogP contribution in [0.15, 0.2) is 48.1 Å². The molecule has 126 heavy (non-hydrogen) atoms. The summed E-state index contributed by atoms with van der Waals surface area (Å²) in [5.74, 6) is 3.28. The van der Waals surface area contributed by atoms with Crippen molar-refractivity contribution in [1.29, 1.82) is 0 Å². The van der Waals surface area contributed by atoms with Crippen LogP contribution in [-0.2, 0) is 58.1 Å². The molecule has 0 aromatic heterocycles. The van der Waals surface area contributed by atoms with Gasteiger partial charge in [-0.15, -0.1) is 0 Å². The molecule has 9 atom stereocenters. The first-order chi connectivity index (χ1) is 61.7. The Morgan fingerprint density at radius 3 is 0.770 bits per heavy atom. The minimum atomic E-state index is -0.532. The van der Waals surface area contributed by atoms with Crippen LogP contribution >= 0.6 is 0 Å². The first kappa shape index (κ1) is 122. The van der Waals surface area contributed by atoms with Crippen molar-refractivity contribution >= 4 is 35.8 Å². The summed E-state index contributed by atoms with van der Waals surface area (Å²) in [5.41, 5.74) is 1.70. The molecule has 0 saturated heterocycles. The molecule has 0 heterocycles. The van der Waals surface area contributed by atoms with Gasteiger partial charge in [0.25, 0.3) is 0 Å². The first-order valence-electron chi connectivity index (χ1n) is 53.5. The third-order valence-electron chi connectivity index (χ3n) is 27.4. The van der Waals surface area contributed by atoms with E-state index >= 15 is 0 Å². The van der Waals surface area contributed by atoms with Crippen molar-refractivity contribution in [3.63, 3.8) is 0 Å². The summed E-state index contributed by atoms with van der Waals surface area (Å²) in [7, 11) is 0. The predicted octanol–water partition coefficient (Wildman–Crippen LogP) is 34.2. The van der Waals surface area contributed by atoms with E-state index in [0.29, 0.717) is 74.0 Å². The summed E-state index contributed by atoms with van der Waals surface area (Å²) in [5, 5.41) is 50.4. The van der Waals surface area contributed by atoms with E-state index in [9.17, 15) is 28.8 Å². The Morgan fingerprint density at radius 1 is 0.238 bits per heavy atom. The monoisotopic (exact) mass is 1780 g/mol. The summed E-state index contributed by atoms with van der Waals surface area (Å²) in [6.07, 6.45) is 109. The van der Waals surface area contributed by atoms with E-state index < -0.39 is 35.8 Å². The second-order valence-corrected chi connectivity index (χ2v) is 38.0. The molecule has 2 rings (SSSR count). The summed E-state index contributed by atoms with van der Waals surface area (Å²) < 4.78 is 0. The van der Waals surface area contributed by atoms with Crippen molar-refractivity contribution in [1.82, 2.24) is 0 Å². The quantitative estimate of drug-likeness (QED) is 0.0108. The Morgan fingerprint density at radius 2 is 0.452 bits per heavy atom. The highest BCUT2D eigenvalue weighted by atomic mass is 17.1. The zero-order chi connectivity index (χ0) is 92.3. The first-order valence-corrected chi connectivity index (χ1v) is 53.5. The van der Waals surface area contributed by atoms with Crippen molar-refractivity contribution in [3.05, 3.63) is 48.1 Å². The number of hydrogen-bond acceptors (Lipinski definition) is 18. The Hall–Kier alpha value is -4.46. The maximum Gasteiger partial charge on any atom is 0.342 e. The molecule has 9 unspecified atom stereocenters. The molecule has 0 aromatic carbocycles. The highest BCUT2D eigenvalue weighted by molar-refractivity contribution is 5.70. The fourth-order valence-corrected chi connectivity index (χ4v) is 19.7. The molecule has 738 valence electrons. The van der Waals surface area contributed by atoms with E-state index in [-0.39, 0.29) is 0 Å². The maximum atomic E-state index is 11.1. The SMILES string of the molecule is CCCCC/C=C\C1C(CCCCC)C=CC(CCCCCCCCC(=O)OO)C1CCCCCCCCC(=O)OO.CCCCCCCC/C=C(/CCCCCCCC(=O)OO)C(CCCCCCCCC)CCCCCCCC(=O)OO.CCCCCCCC1C(CCCCC)C=CC(CCCCCCCCC(=O)OO)C1CCCCCCCCC(=O)OO. The molecule has 2 aliphatic rings. The molecule has 6 N–H and O–H groups in total. The lowest BCUT2D eigenvalue weighted by molar-refractivity contribution is -0.234. The minimum Gasteiger partial charge on any atom is -0.301 e. The highest BCUT2D eigenvalue weighted by Gasteiger charge is 2.36. The average Bonchev–Trinajstić information content (AvgIpc) is 0.822. The van der Waals surface area contributed by atoms with Gasteiger partial charge >= 0.3 is 35.8 Å². The maximum absolute atomic E-state index is 11.1. The Balaban J connectivity index is 0.00000186. The topological polar surface area (TPSA) is 279 Å². The molecule has 0 bridgehead atoms. The second kappa shape index (κ2) is 93.8. The van der Waals surface area contributed by atoms with Gasteiger partial charge in [0.1, 0.15) is 0 Å². The molecule has 0 spiro atoms. The number of rotatable bonds is 87. The predicted molar refractivity (Wildman–Crippen MR) is 518 cm³/mol. The van der Waals surface area contributed by atoms with Crippen LogP contribution in [0.2, 0.25) is 0 Å². The van der Waals surface area contributed by atoms with E-state index in [1.54, 1.807) is 5.57 Å². The smallest absolute Gasteiger partial charge is 0.301 e. The van der Waals surface area contributed by atoms with Gasteiger partial charge in [-0.2, -0.15) is 31.5 Å². The van der Waals surface area contributed by atoms with Crippen LogP contribution in [-0.4, -0.2) is 67.4 Å². The lowest BCUT2D eigenvalue weighted by atomic mass is 9.64. The van der Waals surface area contributed by atoms with Crippen LogP contribution in [0.4, 0.5) is 0 Å². The van der Waals surface area contributed by atoms with E-state index in [2.05, 4.69) is 113 Å². The highest BCUT2D eigenvalue weighted by Crippen LogP contribution is 2.46. The summed E-state index contributed by atoms with van der Waals surface area (Å²) in [6, 6.07) is 0. The fourth-order valence-electron chi connectivity index (χ4n) is 19.7.